The molecule has 0 bridgehead atoms. The molecule has 7 heteroatoms. The van der Waals surface area contributed by atoms with E-state index in [0.717, 1.165) is 13.0 Å². The number of rotatable bonds is 7. The van der Waals surface area contributed by atoms with E-state index < -0.39 is 5.06 Å². The molecule has 4 nitrogen and oxygen atoms in total. The van der Waals surface area contributed by atoms with Gasteiger partial charge in [-0.2, -0.15) is 0 Å². The van der Waals surface area contributed by atoms with Crippen molar-refractivity contribution in [3.05, 3.63) is 71.3 Å². The number of benzene rings is 1. The molecule has 0 radical (unpaired) electrons. The molecule has 0 spiro atoms. The van der Waals surface area contributed by atoms with E-state index in [2.05, 4.69) is 4.98 Å². The van der Waals surface area contributed by atoms with Crippen LogP contribution in [0.2, 0.25) is 5.02 Å². The number of alkyl halides is 1. The van der Waals surface area contributed by atoms with Gasteiger partial charge in [-0.1, -0.05) is 53.0 Å². The van der Waals surface area contributed by atoms with Crippen molar-refractivity contribution in [3.63, 3.8) is 0 Å². The van der Waals surface area contributed by atoms with E-state index in [1.165, 1.54) is 0 Å². The van der Waals surface area contributed by atoms with Gasteiger partial charge < -0.3 is 14.0 Å². The number of halogens is 3. The number of imidazole rings is 1. The van der Waals surface area contributed by atoms with Crippen molar-refractivity contribution in [1.29, 1.82) is 0 Å². The van der Waals surface area contributed by atoms with Crippen molar-refractivity contribution in [2.75, 3.05) is 6.79 Å². The maximum atomic E-state index is 6.71. The van der Waals surface area contributed by atoms with E-state index in [-0.39, 0.29) is 12.7 Å². The number of allylic oxidation sites excluding steroid dienone is 2. The molecule has 1 heterocycles. The predicted octanol–water partition coefficient (Wildman–Crippen LogP) is 5.22. The Bertz CT molecular complexity index is 761. The van der Waals surface area contributed by atoms with Gasteiger partial charge in [0.2, 0.25) is 0 Å². The van der Waals surface area contributed by atoms with Crippen LogP contribution in [0.5, 0.6) is 5.75 Å². The van der Waals surface area contributed by atoms with E-state index in [0.29, 0.717) is 15.8 Å². The SMILES string of the molecule is ClC1=CC(Cl)(OCOc2ccccc2Cl)C(CCn2ccnc2)C=C1. The van der Waals surface area contributed by atoms with Crippen LogP contribution in [-0.2, 0) is 11.3 Å². The minimum absolute atomic E-state index is 0.0384. The monoisotopic (exact) mass is 398 g/mol. The molecule has 2 unspecified atom stereocenters. The minimum Gasteiger partial charge on any atom is -0.466 e. The molecule has 25 heavy (non-hydrogen) atoms. The van der Waals surface area contributed by atoms with E-state index in [1.54, 1.807) is 30.7 Å². The molecular weight excluding hydrogens is 383 g/mol. The summed E-state index contributed by atoms with van der Waals surface area (Å²) in [5, 5.41) is -0.0247. The molecule has 1 aromatic heterocycles. The summed E-state index contributed by atoms with van der Waals surface area (Å²) in [5.41, 5.74) is 0. The topological polar surface area (TPSA) is 36.3 Å². The molecule has 132 valence electrons. The normalized spacial score (nSPS) is 22.7. The van der Waals surface area contributed by atoms with E-state index >= 15 is 0 Å². The first-order valence-corrected chi connectivity index (χ1v) is 8.93. The third-order valence-electron chi connectivity index (χ3n) is 3.92. The molecule has 1 aliphatic carbocycles. The summed E-state index contributed by atoms with van der Waals surface area (Å²) in [4.78, 5) is 4.04. The van der Waals surface area contributed by atoms with Crippen molar-refractivity contribution in [1.82, 2.24) is 9.55 Å². The van der Waals surface area contributed by atoms with Crippen LogP contribution >= 0.6 is 34.8 Å². The molecule has 0 saturated carbocycles. The third kappa shape index (κ3) is 4.79. The summed E-state index contributed by atoms with van der Waals surface area (Å²) in [5.74, 6) is 0.481. The molecule has 0 saturated heterocycles. The summed E-state index contributed by atoms with van der Waals surface area (Å²) in [6, 6.07) is 7.19. The number of aryl methyl sites for hydroxylation is 1. The van der Waals surface area contributed by atoms with Crippen molar-refractivity contribution >= 4 is 34.8 Å². The lowest BCUT2D eigenvalue weighted by atomic mass is 9.93. The average Bonchev–Trinajstić information content (AvgIpc) is 3.09. The highest BCUT2D eigenvalue weighted by Crippen LogP contribution is 2.38. The molecule has 0 aliphatic heterocycles. The van der Waals surface area contributed by atoms with Crippen molar-refractivity contribution < 1.29 is 9.47 Å². The third-order valence-corrected chi connectivity index (χ3v) is 4.96. The summed E-state index contributed by atoms with van der Waals surface area (Å²) in [7, 11) is 0. The number of aromatic nitrogens is 2. The van der Waals surface area contributed by atoms with Gasteiger partial charge in [-0.25, -0.2) is 4.98 Å². The molecule has 1 aromatic carbocycles. The highest BCUT2D eigenvalue weighted by atomic mass is 35.5. The van der Waals surface area contributed by atoms with E-state index in [4.69, 9.17) is 44.3 Å². The fraction of sp³-hybridized carbons (Fsp3) is 0.278. The Kier molecular flexibility index (Phi) is 6.07. The summed E-state index contributed by atoms with van der Waals surface area (Å²) < 4.78 is 13.4. The van der Waals surface area contributed by atoms with Gasteiger partial charge in [-0.15, -0.1) is 0 Å². The Morgan fingerprint density at radius 1 is 1.24 bits per heavy atom. The van der Waals surface area contributed by atoms with Gasteiger partial charge in [0.15, 0.2) is 11.9 Å². The first-order valence-electron chi connectivity index (χ1n) is 7.79. The Labute approximate surface area is 161 Å². The Morgan fingerprint density at radius 3 is 2.84 bits per heavy atom. The van der Waals surface area contributed by atoms with Gasteiger partial charge in [0.05, 0.1) is 11.3 Å². The van der Waals surface area contributed by atoms with Crippen LogP contribution in [0.4, 0.5) is 0 Å². The maximum Gasteiger partial charge on any atom is 0.191 e. The van der Waals surface area contributed by atoms with Gasteiger partial charge in [0.25, 0.3) is 0 Å². The second kappa shape index (κ2) is 8.28. The van der Waals surface area contributed by atoms with Crippen LogP contribution in [0.3, 0.4) is 0 Å². The summed E-state index contributed by atoms with van der Waals surface area (Å²) in [6.07, 6.45) is 11.7. The highest BCUT2D eigenvalue weighted by Gasteiger charge is 2.37. The van der Waals surface area contributed by atoms with Crippen LogP contribution in [0.25, 0.3) is 0 Å². The molecule has 1 aliphatic rings. The lowest BCUT2D eigenvalue weighted by Crippen LogP contribution is -2.36. The van der Waals surface area contributed by atoms with Gasteiger partial charge in [0, 0.05) is 29.9 Å². The number of para-hydroxylation sites is 1. The van der Waals surface area contributed by atoms with E-state index in [1.807, 2.05) is 35.0 Å². The second-order valence-electron chi connectivity index (χ2n) is 5.62. The van der Waals surface area contributed by atoms with Crippen LogP contribution in [0, 0.1) is 5.92 Å². The molecule has 0 N–H and O–H groups in total. The number of ether oxygens (including phenoxy) is 2. The lowest BCUT2D eigenvalue weighted by Gasteiger charge is -2.33. The zero-order valence-corrected chi connectivity index (χ0v) is 15.6. The maximum absolute atomic E-state index is 6.71. The fourth-order valence-electron chi connectivity index (χ4n) is 2.58. The van der Waals surface area contributed by atoms with Crippen LogP contribution in [-0.4, -0.2) is 21.4 Å². The average molecular weight is 400 g/mol. The van der Waals surface area contributed by atoms with Gasteiger partial charge in [0.1, 0.15) is 5.75 Å². The van der Waals surface area contributed by atoms with Crippen LogP contribution in [0.15, 0.2) is 66.2 Å². The lowest BCUT2D eigenvalue weighted by molar-refractivity contribution is -0.0567. The standard InChI is InChI=1S/C18H17Cl3N2O2/c19-15-6-5-14(7-9-23-10-8-22-12-23)18(21,11-15)25-13-24-17-4-2-1-3-16(17)20/h1-6,8,10-12,14H,7,9,13H2. The van der Waals surface area contributed by atoms with Gasteiger partial charge in [-0.05, 0) is 30.7 Å². The summed E-state index contributed by atoms with van der Waals surface area (Å²) >= 11 is 18.9. The first-order chi connectivity index (χ1) is 12.1. The quantitative estimate of drug-likeness (QED) is 0.473. The highest BCUT2D eigenvalue weighted by molar-refractivity contribution is 6.33. The molecule has 2 aromatic rings. The number of nitrogens with zero attached hydrogens (tertiary/aromatic N) is 2. The fourth-order valence-corrected chi connectivity index (χ4v) is 3.40. The summed E-state index contributed by atoms with van der Waals surface area (Å²) in [6.45, 7) is 0.729. The predicted molar refractivity (Wildman–Crippen MR) is 100 cm³/mol. The van der Waals surface area contributed by atoms with Crippen molar-refractivity contribution in [3.8, 4) is 5.75 Å². The molecule has 3 rings (SSSR count). The molecule has 0 amide bonds. The van der Waals surface area contributed by atoms with Crippen molar-refractivity contribution in [2.45, 2.75) is 18.0 Å². The van der Waals surface area contributed by atoms with E-state index in [9.17, 15) is 0 Å². The number of hydrogen-bond donors (Lipinski definition) is 0. The van der Waals surface area contributed by atoms with Crippen molar-refractivity contribution in [2.24, 2.45) is 5.92 Å². The van der Waals surface area contributed by atoms with Gasteiger partial charge in [-0.3, -0.25) is 0 Å². The Balaban J connectivity index is 1.62. The molecule has 0 fully saturated rings. The zero-order chi connectivity index (χ0) is 17.7. The minimum atomic E-state index is -1.08. The Hall–Kier alpha value is -1.46. The van der Waals surface area contributed by atoms with Crippen LogP contribution < -0.4 is 4.74 Å². The van der Waals surface area contributed by atoms with Gasteiger partial charge >= 0.3 is 0 Å². The first kappa shape index (κ1) is 18.3. The second-order valence-corrected chi connectivity index (χ2v) is 7.05. The smallest absolute Gasteiger partial charge is 0.191 e. The largest absolute Gasteiger partial charge is 0.466 e. The number of hydrogen-bond acceptors (Lipinski definition) is 3. The molecular formula is C18H17Cl3N2O2. The Morgan fingerprint density at radius 2 is 2.08 bits per heavy atom. The van der Waals surface area contributed by atoms with Crippen LogP contribution in [0.1, 0.15) is 6.42 Å². The zero-order valence-electron chi connectivity index (χ0n) is 13.3. The molecule has 2 atom stereocenters.